The molecule has 0 spiro atoms. The smallest absolute Gasteiger partial charge is 0.413 e. The molecule has 2 N–H and O–H groups in total. The van der Waals surface area contributed by atoms with E-state index in [2.05, 4.69) is 21.1 Å². The number of aromatic nitrogens is 1. The average molecular weight is 544 g/mol. The summed E-state index contributed by atoms with van der Waals surface area (Å²) in [5.74, 6) is 0. The Bertz CT molecular complexity index is 1140. The number of hydrogen-bond donors (Lipinski definition) is 2. The van der Waals surface area contributed by atoms with Gasteiger partial charge >= 0.3 is 6.09 Å². The Labute approximate surface area is 227 Å². The highest BCUT2D eigenvalue weighted by Gasteiger charge is 2.32. The van der Waals surface area contributed by atoms with E-state index in [4.69, 9.17) is 9.47 Å². The zero-order valence-electron chi connectivity index (χ0n) is 22.4. The first kappa shape index (κ1) is 29.1. The molecule has 0 radical (unpaired) electrons. The zero-order valence-corrected chi connectivity index (χ0v) is 24.0. The van der Waals surface area contributed by atoms with Crippen LogP contribution in [0.5, 0.6) is 0 Å². The lowest BCUT2D eigenvalue weighted by atomic mass is 9.98. The fraction of sp³-hybridized carbons (Fsp3) is 0.429. The number of nitrogens with one attached hydrogen (secondary N) is 2. The van der Waals surface area contributed by atoms with Crippen LogP contribution in [0.4, 0.5) is 9.93 Å². The average Bonchev–Trinajstić information content (AvgIpc) is 3.27. The molecule has 0 saturated heterocycles. The van der Waals surface area contributed by atoms with Crippen LogP contribution in [-0.4, -0.2) is 32.6 Å². The van der Waals surface area contributed by atoms with Gasteiger partial charge in [-0.05, 0) is 64.7 Å². The van der Waals surface area contributed by atoms with Gasteiger partial charge in [-0.25, -0.2) is 9.78 Å². The van der Waals surface area contributed by atoms with Crippen molar-refractivity contribution in [2.75, 3.05) is 11.9 Å². The Morgan fingerprint density at radius 2 is 1.73 bits per heavy atom. The predicted octanol–water partition coefficient (Wildman–Crippen LogP) is 6.39. The number of nitrogens with zero attached hydrogens (tertiary/aromatic N) is 1. The van der Waals surface area contributed by atoms with Crippen molar-refractivity contribution in [2.45, 2.75) is 71.0 Å². The lowest BCUT2D eigenvalue weighted by molar-refractivity contribution is 0.0636. The van der Waals surface area contributed by atoms with Gasteiger partial charge in [-0.3, -0.25) is 5.32 Å². The number of ether oxygens (including phenoxy) is 2. The molecule has 0 saturated carbocycles. The molecule has 1 heterocycles. The molecule has 2 aromatic carbocycles. The predicted molar refractivity (Wildman–Crippen MR) is 151 cm³/mol. The SMILES string of the molecule is CC(C)(C)OC(=O)Nc1ncc([C@H](N[S@+]([O-])C(C)(C)C)c2ccccc2CCOCc2ccccc2)s1. The summed E-state index contributed by atoms with van der Waals surface area (Å²) in [5.41, 5.74) is 2.61. The summed E-state index contributed by atoms with van der Waals surface area (Å²) in [6, 6.07) is 17.8. The summed E-state index contributed by atoms with van der Waals surface area (Å²) in [6.07, 6.45) is 1.84. The van der Waals surface area contributed by atoms with Crippen LogP contribution < -0.4 is 10.0 Å². The Kier molecular flexibility index (Phi) is 10.1. The van der Waals surface area contributed by atoms with Gasteiger partial charge in [0.15, 0.2) is 5.13 Å². The first-order valence-corrected chi connectivity index (χ1v) is 14.2. The minimum Gasteiger partial charge on any atom is -0.598 e. The van der Waals surface area contributed by atoms with Gasteiger partial charge in [-0.2, -0.15) is 0 Å². The van der Waals surface area contributed by atoms with E-state index in [0.717, 1.165) is 21.6 Å². The van der Waals surface area contributed by atoms with Gasteiger partial charge < -0.3 is 14.0 Å². The lowest BCUT2D eigenvalue weighted by Crippen LogP contribution is -2.41. The number of rotatable bonds is 10. The summed E-state index contributed by atoms with van der Waals surface area (Å²) < 4.78 is 27.3. The maximum absolute atomic E-state index is 13.2. The van der Waals surface area contributed by atoms with Gasteiger partial charge in [-0.1, -0.05) is 65.9 Å². The van der Waals surface area contributed by atoms with Gasteiger partial charge in [0.05, 0.1) is 18.1 Å². The van der Waals surface area contributed by atoms with Crippen molar-refractivity contribution in [1.29, 1.82) is 0 Å². The van der Waals surface area contributed by atoms with Gasteiger partial charge in [0.25, 0.3) is 0 Å². The van der Waals surface area contributed by atoms with Crippen LogP contribution >= 0.6 is 11.3 Å². The van der Waals surface area contributed by atoms with Crippen LogP contribution in [0.1, 0.15) is 69.2 Å². The molecule has 3 rings (SSSR count). The molecule has 0 unspecified atom stereocenters. The zero-order chi connectivity index (χ0) is 27.1. The van der Waals surface area contributed by atoms with Crippen LogP contribution in [0.3, 0.4) is 0 Å². The molecule has 0 aliphatic rings. The number of benzene rings is 2. The molecule has 0 bridgehead atoms. The maximum atomic E-state index is 13.2. The Balaban J connectivity index is 1.80. The van der Waals surface area contributed by atoms with Gasteiger partial charge in [0, 0.05) is 17.6 Å². The first-order valence-electron chi connectivity index (χ1n) is 12.3. The summed E-state index contributed by atoms with van der Waals surface area (Å²) in [4.78, 5) is 17.5. The van der Waals surface area contributed by atoms with E-state index in [9.17, 15) is 9.35 Å². The molecular formula is C28H37N3O4S2. The van der Waals surface area contributed by atoms with Crippen LogP contribution in [0.2, 0.25) is 0 Å². The van der Waals surface area contributed by atoms with Gasteiger partial charge in [0.2, 0.25) is 0 Å². The standard InChI is InChI=1S/C28H37N3O4S2/c1-27(2,3)35-26(32)30-25-29-18-23(36-25)24(31-37(33)28(4,5)6)22-15-11-10-14-21(22)16-17-34-19-20-12-8-7-9-13-20/h7-15,18,24,31H,16-17,19H2,1-6H3,(H,29,30,32)/t24-,37-/m1/s1. The summed E-state index contributed by atoms with van der Waals surface area (Å²) in [5, 5.41) is 3.12. The van der Waals surface area contributed by atoms with E-state index in [-0.39, 0.29) is 6.04 Å². The van der Waals surface area contributed by atoms with Crippen molar-refractivity contribution in [3.8, 4) is 0 Å². The van der Waals surface area contributed by atoms with Crippen molar-refractivity contribution in [2.24, 2.45) is 0 Å². The number of carbonyl (C=O) groups is 1. The van der Waals surface area contributed by atoms with Crippen LogP contribution in [0, 0.1) is 0 Å². The molecule has 2 atom stereocenters. The highest BCUT2D eigenvalue weighted by atomic mass is 32.2. The second kappa shape index (κ2) is 12.9. The molecule has 3 aromatic rings. The minimum atomic E-state index is -1.34. The second-order valence-electron chi connectivity index (χ2n) is 10.6. The molecule has 1 aromatic heterocycles. The monoisotopic (exact) mass is 543 g/mol. The quantitative estimate of drug-likeness (QED) is 0.227. The maximum Gasteiger partial charge on any atom is 0.413 e. The van der Waals surface area contributed by atoms with Crippen molar-refractivity contribution in [3.63, 3.8) is 0 Å². The Morgan fingerprint density at radius 3 is 2.41 bits per heavy atom. The number of thiazole rings is 1. The van der Waals surface area contributed by atoms with Crippen LogP contribution in [0.15, 0.2) is 60.8 Å². The third-order valence-electron chi connectivity index (χ3n) is 5.19. The Morgan fingerprint density at radius 1 is 1.05 bits per heavy atom. The summed E-state index contributed by atoms with van der Waals surface area (Å²) in [6.45, 7) is 12.3. The van der Waals surface area contributed by atoms with Crippen molar-refractivity contribution in [1.82, 2.24) is 9.71 Å². The number of anilines is 1. The molecule has 0 aliphatic carbocycles. The topological polar surface area (TPSA) is 95.5 Å². The third kappa shape index (κ3) is 9.43. The van der Waals surface area contributed by atoms with E-state index in [1.165, 1.54) is 11.3 Å². The third-order valence-corrected chi connectivity index (χ3v) is 7.73. The van der Waals surface area contributed by atoms with E-state index in [1.54, 1.807) is 6.20 Å². The van der Waals surface area contributed by atoms with E-state index < -0.39 is 27.8 Å². The summed E-state index contributed by atoms with van der Waals surface area (Å²) >= 11 is -0.0123. The molecule has 37 heavy (non-hydrogen) atoms. The highest BCUT2D eigenvalue weighted by molar-refractivity contribution is 7.90. The fourth-order valence-corrected chi connectivity index (χ4v) is 5.19. The lowest BCUT2D eigenvalue weighted by Gasteiger charge is -2.28. The Hall–Kier alpha value is -2.43. The molecule has 0 aliphatic heterocycles. The van der Waals surface area contributed by atoms with Crippen molar-refractivity contribution >= 4 is 33.9 Å². The number of amides is 1. The van der Waals surface area contributed by atoms with E-state index in [0.29, 0.717) is 24.8 Å². The largest absolute Gasteiger partial charge is 0.598 e. The number of carbonyl (C=O) groups excluding carboxylic acids is 1. The molecular weight excluding hydrogens is 506 g/mol. The highest BCUT2D eigenvalue weighted by Crippen LogP contribution is 2.33. The van der Waals surface area contributed by atoms with Gasteiger partial charge in [-0.15, -0.1) is 4.72 Å². The van der Waals surface area contributed by atoms with Crippen molar-refractivity contribution in [3.05, 3.63) is 82.4 Å². The number of hydrogen-bond acceptors (Lipinski definition) is 7. The first-order chi connectivity index (χ1) is 17.4. The van der Waals surface area contributed by atoms with Crippen LogP contribution in [-0.2, 0) is 33.9 Å². The molecule has 0 fully saturated rings. The van der Waals surface area contributed by atoms with Crippen molar-refractivity contribution < 1.29 is 18.8 Å². The molecule has 9 heteroatoms. The summed E-state index contributed by atoms with van der Waals surface area (Å²) in [7, 11) is 0. The van der Waals surface area contributed by atoms with Crippen LogP contribution in [0.25, 0.3) is 0 Å². The molecule has 1 amide bonds. The van der Waals surface area contributed by atoms with E-state index in [1.807, 2.05) is 90.1 Å². The minimum absolute atomic E-state index is 0.378. The van der Waals surface area contributed by atoms with E-state index >= 15 is 0 Å². The second-order valence-corrected chi connectivity index (χ2v) is 13.7. The molecule has 7 nitrogen and oxygen atoms in total. The normalized spacial score (nSPS) is 13.7. The molecule has 200 valence electrons. The van der Waals surface area contributed by atoms with Gasteiger partial charge in [0.1, 0.15) is 16.4 Å². The fourth-order valence-electron chi connectivity index (χ4n) is 3.42.